The molecule has 0 atom stereocenters. The summed E-state index contributed by atoms with van der Waals surface area (Å²) in [5.41, 5.74) is 1.93. The third-order valence-electron chi connectivity index (χ3n) is 2.55. The number of hydrogen-bond donors (Lipinski definition) is 1. The Kier molecular flexibility index (Phi) is 3.16. The fourth-order valence-electron chi connectivity index (χ4n) is 1.57. The molecule has 0 spiro atoms. The minimum atomic E-state index is -1.03. The van der Waals surface area contributed by atoms with E-state index in [-0.39, 0.29) is 10.7 Å². The molecule has 2 rings (SSSR count). The second-order valence-corrected chi connectivity index (χ2v) is 4.00. The highest BCUT2D eigenvalue weighted by Crippen LogP contribution is 2.22. The van der Waals surface area contributed by atoms with Crippen LogP contribution in [0.25, 0.3) is 11.8 Å². The van der Waals surface area contributed by atoms with E-state index in [1.165, 1.54) is 10.9 Å². The molecule has 0 amide bonds. The second-order valence-electron chi connectivity index (χ2n) is 3.64. The summed E-state index contributed by atoms with van der Waals surface area (Å²) in [6, 6.07) is 1.74. The first-order valence-electron chi connectivity index (χ1n) is 5.11. The van der Waals surface area contributed by atoms with Crippen LogP contribution in [0.1, 0.15) is 21.6 Å². The van der Waals surface area contributed by atoms with Crippen molar-refractivity contribution in [2.45, 2.75) is 6.92 Å². The second kappa shape index (κ2) is 4.62. The van der Waals surface area contributed by atoms with Gasteiger partial charge < -0.3 is 5.11 Å². The number of carboxylic acid groups (broad SMARTS) is 1. The Hall–Kier alpha value is -2.14. The van der Waals surface area contributed by atoms with Gasteiger partial charge in [-0.05, 0) is 18.6 Å². The molecule has 0 aromatic carbocycles. The Balaban J connectivity index is 2.61. The fraction of sp³-hybridized carbons (Fsp3) is 0.0833. The zero-order chi connectivity index (χ0) is 13.3. The maximum Gasteiger partial charge on any atom is 0.339 e. The van der Waals surface area contributed by atoms with Crippen LogP contribution in [0, 0.1) is 6.92 Å². The number of pyridine rings is 1. The molecule has 6 heteroatoms. The first kappa shape index (κ1) is 12.3. The van der Waals surface area contributed by atoms with E-state index < -0.39 is 5.97 Å². The zero-order valence-electron chi connectivity index (χ0n) is 9.59. The minimum Gasteiger partial charge on any atom is -0.478 e. The van der Waals surface area contributed by atoms with Crippen molar-refractivity contribution in [2.24, 2.45) is 0 Å². The third-order valence-corrected chi connectivity index (χ3v) is 2.84. The van der Waals surface area contributed by atoms with Crippen LogP contribution in [-0.2, 0) is 0 Å². The molecule has 92 valence electrons. The van der Waals surface area contributed by atoms with Gasteiger partial charge in [-0.15, -0.1) is 0 Å². The van der Waals surface area contributed by atoms with Gasteiger partial charge in [-0.1, -0.05) is 24.3 Å². The van der Waals surface area contributed by atoms with E-state index in [4.69, 9.17) is 16.7 Å². The zero-order valence-corrected chi connectivity index (χ0v) is 10.3. The van der Waals surface area contributed by atoms with Crippen molar-refractivity contribution >= 4 is 23.6 Å². The van der Waals surface area contributed by atoms with E-state index in [0.717, 1.165) is 5.56 Å². The number of carboxylic acids is 1. The Morgan fingerprint density at radius 3 is 2.83 bits per heavy atom. The lowest BCUT2D eigenvalue weighted by atomic mass is 10.2. The number of aromatic nitrogens is 3. The number of halogens is 1. The molecule has 0 bridgehead atoms. The monoisotopic (exact) mass is 263 g/mol. The highest BCUT2D eigenvalue weighted by Gasteiger charge is 2.16. The maximum absolute atomic E-state index is 11.0. The SMILES string of the molecule is C=Cc1cnc(Cl)c(-n2ncc(C(=O)O)c2C)c1. The van der Waals surface area contributed by atoms with Gasteiger partial charge in [-0.3, -0.25) is 0 Å². The normalized spacial score (nSPS) is 10.3. The van der Waals surface area contributed by atoms with Crippen molar-refractivity contribution in [1.82, 2.24) is 14.8 Å². The summed E-state index contributed by atoms with van der Waals surface area (Å²) < 4.78 is 1.45. The molecule has 0 aliphatic heterocycles. The van der Waals surface area contributed by atoms with Gasteiger partial charge in [0.15, 0.2) is 5.15 Å². The number of aromatic carboxylic acids is 1. The lowest BCUT2D eigenvalue weighted by Gasteiger charge is -2.07. The van der Waals surface area contributed by atoms with E-state index >= 15 is 0 Å². The molecule has 5 nitrogen and oxygen atoms in total. The van der Waals surface area contributed by atoms with Crippen molar-refractivity contribution in [1.29, 1.82) is 0 Å². The first-order chi connectivity index (χ1) is 8.54. The molecular formula is C12H10ClN3O2. The van der Waals surface area contributed by atoms with Crippen molar-refractivity contribution in [3.05, 3.63) is 47.0 Å². The summed E-state index contributed by atoms with van der Waals surface area (Å²) in [5, 5.41) is 13.3. The third kappa shape index (κ3) is 2.00. The quantitative estimate of drug-likeness (QED) is 0.864. The number of hydrogen-bond acceptors (Lipinski definition) is 3. The average Bonchev–Trinajstić information content (AvgIpc) is 2.72. The largest absolute Gasteiger partial charge is 0.478 e. The Bertz CT molecular complexity index is 634. The molecule has 2 aromatic rings. The standard InChI is InChI=1S/C12H10ClN3O2/c1-3-8-4-10(11(13)14-5-8)16-7(2)9(6-15-16)12(17)18/h3-6H,1H2,2H3,(H,17,18). The van der Waals surface area contributed by atoms with Crippen molar-refractivity contribution < 1.29 is 9.90 Å². The van der Waals surface area contributed by atoms with Gasteiger partial charge in [0.1, 0.15) is 11.3 Å². The molecule has 0 unspecified atom stereocenters. The van der Waals surface area contributed by atoms with Gasteiger partial charge in [-0.2, -0.15) is 5.10 Å². The number of carbonyl (C=O) groups is 1. The summed E-state index contributed by atoms with van der Waals surface area (Å²) in [6.07, 6.45) is 4.49. The van der Waals surface area contributed by atoms with Crippen LogP contribution in [-0.4, -0.2) is 25.8 Å². The molecule has 18 heavy (non-hydrogen) atoms. The Morgan fingerprint density at radius 2 is 2.28 bits per heavy atom. The summed E-state index contributed by atoms with van der Waals surface area (Å²) in [6.45, 7) is 5.30. The van der Waals surface area contributed by atoms with E-state index in [0.29, 0.717) is 11.4 Å². The van der Waals surface area contributed by atoms with Gasteiger partial charge in [0.05, 0.1) is 11.9 Å². The molecular weight excluding hydrogens is 254 g/mol. The molecule has 0 aliphatic rings. The predicted octanol–water partition coefficient (Wildman–Crippen LogP) is 2.57. The molecule has 0 saturated heterocycles. The van der Waals surface area contributed by atoms with Crippen LogP contribution in [0.3, 0.4) is 0 Å². The van der Waals surface area contributed by atoms with Crippen LogP contribution in [0.4, 0.5) is 0 Å². The van der Waals surface area contributed by atoms with E-state index in [1.807, 2.05) is 0 Å². The molecule has 0 aliphatic carbocycles. The smallest absolute Gasteiger partial charge is 0.339 e. The maximum atomic E-state index is 11.0. The summed E-state index contributed by atoms with van der Waals surface area (Å²) >= 11 is 5.99. The minimum absolute atomic E-state index is 0.134. The number of rotatable bonds is 3. The Labute approximate surface area is 108 Å². The molecule has 1 N–H and O–H groups in total. The highest BCUT2D eigenvalue weighted by atomic mass is 35.5. The first-order valence-corrected chi connectivity index (χ1v) is 5.48. The van der Waals surface area contributed by atoms with Crippen LogP contribution < -0.4 is 0 Å². The topological polar surface area (TPSA) is 68.0 Å². The molecule has 0 fully saturated rings. The molecule has 0 radical (unpaired) electrons. The lowest BCUT2D eigenvalue weighted by Crippen LogP contribution is -2.04. The van der Waals surface area contributed by atoms with Gasteiger partial charge in [0.2, 0.25) is 0 Å². The van der Waals surface area contributed by atoms with Crippen LogP contribution in [0.15, 0.2) is 25.0 Å². The summed E-state index contributed by atoms with van der Waals surface area (Å²) in [5.74, 6) is -1.03. The van der Waals surface area contributed by atoms with Crippen molar-refractivity contribution in [2.75, 3.05) is 0 Å². The van der Waals surface area contributed by atoms with Gasteiger partial charge >= 0.3 is 5.97 Å². The van der Waals surface area contributed by atoms with E-state index in [9.17, 15) is 4.79 Å². The van der Waals surface area contributed by atoms with Gasteiger partial charge in [-0.25, -0.2) is 14.5 Å². The predicted molar refractivity (Wildman–Crippen MR) is 68.2 cm³/mol. The molecule has 2 heterocycles. The molecule has 2 aromatic heterocycles. The van der Waals surface area contributed by atoms with Crippen LogP contribution in [0.2, 0.25) is 5.15 Å². The lowest BCUT2D eigenvalue weighted by molar-refractivity contribution is 0.0696. The van der Waals surface area contributed by atoms with Crippen molar-refractivity contribution in [3.63, 3.8) is 0 Å². The van der Waals surface area contributed by atoms with Gasteiger partial charge in [0, 0.05) is 6.20 Å². The van der Waals surface area contributed by atoms with Crippen molar-refractivity contribution in [3.8, 4) is 5.69 Å². The van der Waals surface area contributed by atoms with Crippen LogP contribution in [0.5, 0.6) is 0 Å². The summed E-state index contributed by atoms with van der Waals surface area (Å²) in [7, 11) is 0. The van der Waals surface area contributed by atoms with E-state index in [1.54, 1.807) is 25.3 Å². The van der Waals surface area contributed by atoms with Crippen LogP contribution >= 0.6 is 11.6 Å². The summed E-state index contributed by atoms with van der Waals surface area (Å²) in [4.78, 5) is 15.0. The van der Waals surface area contributed by atoms with Gasteiger partial charge in [0.25, 0.3) is 0 Å². The highest BCUT2D eigenvalue weighted by molar-refractivity contribution is 6.31. The number of nitrogens with zero attached hydrogens (tertiary/aromatic N) is 3. The van der Waals surface area contributed by atoms with E-state index in [2.05, 4.69) is 16.7 Å². The average molecular weight is 264 g/mol. The molecule has 0 saturated carbocycles. The Morgan fingerprint density at radius 1 is 1.56 bits per heavy atom. The fourth-order valence-corrected chi connectivity index (χ4v) is 1.76.